The van der Waals surface area contributed by atoms with Crippen molar-refractivity contribution in [1.82, 2.24) is 4.98 Å². The summed E-state index contributed by atoms with van der Waals surface area (Å²) in [5.41, 5.74) is 7.97. The van der Waals surface area contributed by atoms with E-state index in [4.69, 9.17) is 21.5 Å². The van der Waals surface area contributed by atoms with Crippen LogP contribution in [0.25, 0.3) is 0 Å². The molecule has 1 aromatic carbocycles. The molecule has 2 aromatic rings. The average molecular weight is 381 g/mol. The maximum Gasteiger partial charge on any atom is 0.269 e. The highest BCUT2D eigenvalue weighted by molar-refractivity contribution is 5.82. The maximum absolute atomic E-state index is 13.8. The number of rotatable bonds is 2. The molecule has 4 N–H and O–H groups in total. The largest absolute Gasteiger partial charge is 0.396 e. The van der Waals surface area contributed by atoms with Crippen LogP contribution in [0.1, 0.15) is 11.1 Å². The zero-order valence-electron chi connectivity index (χ0n) is 13.9. The molecule has 27 heavy (non-hydrogen) atoms. The molecule has 0 aliphatic carbocycles. The molecule has 1 aliphatic heterocycles. The standard InChI is InChI=1S/C11H11F4N3O.C6H4N2/c12-6-2-7(13)8(16)1-5(6)11(10(14)15)4-19-3-9(17)18-11;7-4-6-2-1-3-8-5-6/h1-2,10H,3-4,16H2,(H2,17,18);1-3,5H. The number of nitrogens with two attached hydrogens (primary N) is 2. The predicted octanol–water partition coefficient (Wildman–Crippen LogP) is 2.35. The van der Waals surface area contributed by atoms with Crippen molar-refractivity contribution in [2.24, 2.45) is 10.7 Å². The highest BCUT2D eigenvalue weighted by Gasteiger charge is 2.46. The van der Waals surface area contributed by atoms with Crippen LogP contribution in [0.4, 0.5) is 23.2 Å². The molecule has 1 aromatic heterocycles. The zero-order valence-corrected chi connectivity index (χ0v) is 13.9. The summed E-state index contributed by atoms with van der Waals surface area (Å²) in [4.78, 5) is 7.35. The summed E-state index contributed by atoms with van der Waals surface area (Å²) < 4.78 is 58.3. The summed E-state index contributed by atoms with van der Waals surface area (Å²) in [5.74, 6) is -2.39. The molecular weight excluding hydrogens is 366 g/mol. The van der Waals surface area contributed by atoms with Crippen LogP contribution in [-0.4, -0.2) is 30.5 Å². The SMILES string of the molecule is N#Cc1cccnc1.NC1=NC(c2cc(N)c(F)cc2F)(C(F)F)COC1. The molecule has 2 heterocycles. The number of anilines is 1. The first-order chi connectivity index (χ1) is 12.8. The fourth-order valence-electron chi connectivity index (χ4n) is 2.33. The van der Waals surface area contributed by atoms with E-state index in [2.05, 4.69) is 9.98 Å². The van der Waals surface area contributed by atoms with Crippen LogP contribution in [-0.2, 0) is 10.3 Å². The highest BCUT2D eigenvalue weighted by Crippen LogP contribution is 2.38. The van der Waals surface area contributed by atoms with Gasteiger partial charge in [0.25, 0.3) is 6.43 Å². The van der Waals surface area contributed by atoms with Gasteiger partial charge in [-0.1, -0.05) is 0 Å². The first-order valence-electron chi connectivity index (χ1n) is 7.55. The van der Waals surface area contributed by atoms with E-state index >= 15 is 0 Å². The van der Waals surface area contributed by atoms with Gasteiger partial charge in [0, 0.05) is 24.0 Å². The molecule has 0 fully saturated rings. The summed E-state index contributed by atoms with van der Waals surface area (Å²) in [5, 5.41) is 8.25. The Balaban J connectivity index is 0.000000273. The summed E-state index contributed by atoms with van der Waals surface area (Å²) in [6, 6.07) is 6.65. The molecule has 6 nitrogen and oxygen atoms in total. The summed E-state index contributed by atoms with van der Waals surface area (Å²) in [6.45, 7) is -0.680. The Morgan fingerprint density at radius 1 is 1.22 bits per heavy atom. The van der Waals surface area contributed by atoms with E-state index in [1.165, 1.54) is 6.20 Å². The Morgan fingerprint density at radius 3 is 2.48 bits per heavy atom. The van der Waals surface area contributed by atoms with Crippen LogP contribution in [0.2, 0.25) is 0 Å². The van der Waals surface area contributed by atoms with Crippen molar-refractivity contribution >= 4 is 11.5 Å². The van der Waals surface area contributed by atoms with E-state index in [9.17, 15) is 17.6 Å². The fourth-order valence-corrected chi connectivity index (χ4v) is 2.33. The molecule has 0 spiro atoms. The Hall–Kier alpha value is -3.19. The van der Waals surface area contributed by atoms with Gasteiger partial charge in [-0.2, -0.15) is 5.26 Å². The zero-order chi connectivity index (χ0) is 20.0. The van der Waals surface area contributed by atoms with Gasteiger partial charge in [-0.05, 0) is 18.2 Å². The van der Waals surface area contributed by atoms with Gasteiger partial charge in [0.2, 0.25) is 0 Å². The molecule has 142 valence electrons. The van der Waals surface area contributed by atoms with Crippen LogP contribution in [0.5, 0.6) is 0 Å². The van der Waals surface area contributed by atoms with Crippen LogP contribution >= 0.6 is 0 Å². The van der Waals surface area contributed by atoms with Crippen molar-refractivity contribution in [2.75, 3.05) is 18.9 Å². The number of aromatic nitrogens is 1. The number of benzene rings is 1. The molecule has 0 saturated heterocycles. The number of halogens is 4. The van der Waals surface area contributed by atoms with Gasteiger partial charge in [-0.25, -0.2) is 17.6 Å². The van der Waals surface area contributed by atoms with Crippen molar-refractivity contribution < 1.29 is 22.3 Å². The number of hydrogen-bond donors (Lipinski definition) is 2. The van der Waals surface area contributed by atoms with Crippen molar-refractivity contribution in [3.63, 3.8) is 0 Å². The minimum atomic E-state index is -3.08. The van der Waals surface area contributed by atoms with Crippen molar-refractivity contribution in [2.45, 2.75) is 12.0 Å². The molecule has 0 radical (unpaired) electrons. The number of hydrogen-bond acceptors (Lipinski definition) is 6. The van der Waals surface area contributed by atoms with E-state index in [-0.39, 0.29) is 12.4 Å². The Morgan fingerprint density at radius 2 is 1.96 bits per heavy atom. The summed E-state index contributed by atoms with van der Waals surface area (Å²) in [7, 11) is 0. The van der Waals surface area contributed by atoms with Crippen LogP contribution in [0.3, 0.4) is 0 Å². The predicted molar refractivity (Wildman–Crippen MR) is 89.8 cm³/mol. The van der Waals surface area contributed by atoms with E-state index in [1.807, 2.05) is 6.07 Å². The van der Waals surface area contributed by atoms with Gasteiger partial charge >= 0.3 is 0 Å². The Labute approximate surface area is 152 Å². The molecule has 3 rings (SSSR count). The second kappa shape index (κ2) is 8.46. The molecule has 0 bridgehead atoms. The fraction of sp³-hybridized carbons (Fsp3) is 0.235. The number of amidine groups is 1. The summed E-state index contributed by atoms with van der Waals surface area (Å²) in [6.07, 6.45) is 0.0895. The topological polar surface area (TPSA) is 110 Å². The van der Waals surface area contributed by atoms with E-state index < -0.39 is 41.5 Å². The number of nitriles is 1. The Bertz CT molecular complexity index is 870. The number of alkyl halides is 2. The lowest BCUT2D eigenvalue weighted by Crippen LogP contribution is -2.45. The lowest BCUT2D eigenvalue weighted by molar-refractivity contribution is -0.0146. The van der Waals surface area contributed by atoms with Gasteiger partial charge in [-0.15, -0.1) is 0 Å². The third kappa shape index (κ3) is 4.51. The van der Waals surface area contributed by atoms with Crippen molar-refractivity contribution in [3.8, 4) is 6.07 Å². The quantitative estimate of drug-likeness (QED) is 0.613. The van der Waals surface area contributed by atoms with Gasteiger partial charge in [0.05, 0.1) is 17.9 Å². The molecule has 0 amide bonds. The van der Waals surface area contributed by atoms with Crippen LogP contribution in [0.15, 0.2) is 41.7 Å². The third-order valence-corrected chi connectivity index (χ3v) is 3.62. The summed E-state index contributed by atoms with van der Waals surface area (Å²) >= 11 is 0. The third-order valence-electron chi connectivity index (χ3n) is 3.62. The first-order valence-corrected chi connectivity index (χ1v) is 7.55. The number of ether oxygens (including phenoxy) is 1. The minimum absolute atomic E-state index is 0.118. The van der Waals surface area contributed by atoms with Crippen LogP contribution in [0, 0.1) is 23.0 Å². The van der Waals surface area contributed by atoms with E-state index in [0.29, 0.717) is 11.6 Å². The van der Waals surface area contributed by atoms with Crippen molar-refractivity contribution in [3.05, 3.63) is 59.4 Å². The number of pyridine rings is 1. The van der Waals surface area contributed by atoms with Gasteiger partial charge in [-0.3, -0.25) is 9.98 Å². The molecule has 0 saturated carbocycles. The monoisotopic (exact) mass is 381 g/mol. The van der Waals surface area contributed by atoms with Gasteiger partial charge < -0.3 is 16.2 Å². The van der Waals surface area contributed by atoms with Crippen molar-refractivity contribution in [1.29, 1.82) is 5.26 Å². The minimum Gasteiger partial charge on any atom is -0.396 e. The van der Waals surface area contributed by atoms with Gasteiger partial charge in [0.1, 0.15) is 30.1 Å². The Kier molecular flexibility index (Phi) is 6.31. The molecule has 1 atom stereocenters. The normalized spacial score (nSPS) is 18.9. The van der Waals surface area contributed by atoms with Crippen LogP contribution < -0.4 is 11.5 Å². The highest BCUT2D eigenvalue weighted by atomic mass is 19.3. The lowest BCUT2D eigenvalue weighted by atomic mass is 9.90. The first kappa shape index (κ1) is 20.1. The second-order valence-electron chi connectivity index (χ2n) is 5.53. The average Bonchev–Trinajstić information content (AvgIpc) is 2.65. The second-order valence-corrected chi connectivity index (χ2v) is 5.53. The molecule has 1 unspecified atom stereocenters. The smallest absolute Gasteiger partial charge is 0.269 e. The molecule has 10 heteroatoms. The maximum atomic E-state index is 13.8. The molecule has 1 aliphatic rings. The lowest BCUT2D eigenvalue weighted by Gasteiger charge is -2.33. The van der Waals surface area contributed by atoms with Gasteiger partial charge in [0.15, 0.2) is 5.54 Å². The van der Waals surface area contributed by atoms with E-state index in [0.717, 1.165) is 6.07 Å². The molecular formula is C17H15F4N5O. The number of aliphatic imine (C=N–C) groups is 1. The number of nitrogen functional groups attached to an aromatic ring is 1. The van der Waals surface area contributed by atoms with E-state index in [1.54, 1.807) is 18.3 Å². The number of nitrogens with zero attached hydrogens (tertiary/aromatic N) is 3.